The van der Waals surface area contributed by atoms with E-state index in [4.69, 9.17) is 9.72 Å². The molecule has 1 fully saturated rings. The molecule has 2 N–H and O–H groups in total. The smallest absolute Gasteiger partial charge is 0.325 e. The Kier molecular flexibility index (Phi) is 8.12. The van der Waals surface area contributed by atoms with Crippen molar-refractivity contribution in [2.75, 3.05) is 45.2 Å². The number of hydrogen-bond donors (Lipinski definition) is 2. The van der Waals surface area contributed by atoms with E-state index in [1.807, 2.05) is 32.9 Å². The minimum absolute atomic E-state index is 0.000413. The molecule has 0 bridgehead atoms. The van der Waals surface area contributed by atoms with Crippen LogP contribution in [0.25, 0.3) is 11.0 Å². The Bertz CT molecular complexity index is 931. The molecule has 0 spiro atoms. The van der Waals surface area contributed by atoms with Crippen LogP contribution in [0.15, 0.2) is 18.2 Å². The van der Waals surface area contributed by atoms with Crippen LogP contribution in [0.3, 0.4) is 0 Å². The van der Waals surface area contributed by atoms with E-state index in [2.05, 4.69) is 26.2 Å². The molecule has 1 aromatic heterocycles. The summed E-state index contributed by atoms with van der Waals surface area (Å²) >= 11 is 0. The van der Waals surface area contributed by atoms with Crippen LogP contribution in [0.2, 0.25) is 0 Å². The van der Waals surface area contributed by atoms with Gasteiger partial charge < -0.3 is 24.8 Å². The molecule has 8 nitrogen and oxygen atoms in total. The van der Waals surface area contributed by atoms with Crippen molar-refractivity contribution in [1.29, 1.82) is 0 Å². The van der Waals surface area contributed by atoms with E-state index in [1.165, 1.54) is 39.5 Å². The number of amides is 1. The van der Waals surface area contributed by atoms with Crippen molar-refractivity contribution in [2.24, 2.45) is 0 Å². The number of anilines is 1. The standard InChI is InChI=1S/C24H37N5O3/c1-5-25-22(31)24(2,3)18-10-11-19-20(16-18)29(23(27-19)26-17-21(30)32-4)15-9-14-28-12-7-6-8-13-28/h10-11,16H,5-9,12-15,17H2,1-4H3,(H,25,31)(H,26,27). The van der Waals surface area contributed by atoms with Gasteiger partial charge in [0.1, 0.15) is 6.54 Å². The Morgan fingerprint density at radius 2 is 1.91 bits per heavy atom. The van der Waals surface area contributed by atoms with Crippen molar-refractivity contribution in [1.82, 2.24) is 19.8 Å². The van der Waals surface area contributed by atoms with E-state index in [0.29, 0.717) is 12.5 Å². The third-order valence-electron chi connectivity index (χ3n) is 6.30. The van der Waals surface area contributed by atoms with E-state index in [-0.39, 0.29) is 18.4 Å². The van der Waals surface area contributed by atoms with Gasteiger partial charge in [-0.3, -0.25) is 9.59 Å². The monoisotopic (exact) mass is 443 g/mol. The number of nitrogens with one attached hydrogen (secondary N) is 2. The molecule has 1 aliphatic heterocycles. The van der Waals surface area contributed by atoms with Gasteiger partial charge in [-0.15, -0.1) is 0 Å². The molecule has 1 saturated heterocycles. The number of benzene rings is 1. The number of rotatable bonds is 10. The average Bonchev–Trinajstić information content (AvgIpc) is 3.15. The molecule has 2 aromatic rings. The Balaban J connectivity index is 1.87. The highest BCUT2D eigenvalue weighted by atomic mass is 16.5. The lowest BCUT2D eigenvalue weighted by Gasteiger charge is -2.26. The first-order valence-corrected chi connectivity index (χ1v) is 11.7. The molecule has 2 heterocycles. The van der Waals surface area contributed by atoms with Crippen molar-refractivity contribution in [2.45, 2.75) is 58.4 Å². The number of ether oxygens (including phenoxy) is 1. The van der Waals surface area contributed by atoms with Crippen molar-refractivity contribution in [3.05, 3.63) is 23.8 Å². The first-order chi connectivity index (χ1) is 15.4. The molecule has 3 rings (SSSR count). The van der Waals surface area contributed by atoms with Gasteiger partial charge in [0.2, 0.25) is 11.9 Å². The third-order valence-corrected chi connectivity index (χ3v) is 6.30. The fourth-order valence-electron chi connectivity index (χ4n) is 4.24. The maximum atomic E-state index is 12.6. The van der Waals surface area contributed by atoms with Gasteiger partial charge in [0, 0.05) is 13.1 Å². The maximum absolute atomic E-state index is 12.6. The zero-order valence-electron chi connectivity index (χ0n) is 19.9. The van der Waals surface area contributed by atoms with Crippen LogP contribution in [-0.2, 0) is 26.3 Å². The largest absolute Gasteiger partial charge is 0.468 e. The second-order valence-electron chi connectivity index (χ2n) is 8.96. The molecule has 176 valence electrons. The average molecular weight is 444 g/mol. The second kappa shape index (κ2) is 10.8. The first-order valence-electron chi connectivity index (χ1n) is 11.7. The van der Waals surface area contributed by atoms with E-state index in [1.54, 1.807) is 0 Å². The number of esters is 1. The summed E-state index contributed by atoms with van der Waals surface area (Å²) in [6.07, 6.45) is 4.87. The van der Waals surface area contributed by atoms with Gasteiger partial charge in [0.25, 0.3) is 0 Å². The highest BCUT2D eigenvalue weighted by molar-refractivity contribution is 5.89. The number of imidazole rings is 1. The molecule has 8 heteroatoms. The predicted octanol–water partition coefficient (Wildman–Crippen LogP) is 2.91. The number of methoxy groups -OCH3 is 1. The fraction of sp³-hybridized carbons (Fsp3) is 0.625. The Morgan fingerprint density at radius 3 is 2.59 bits per heavy atom. The number of piperidine rings is 1. The summed E-state index contributed by atoms with van der Waals surface area (Å²) in [6.45, 7) is 10.6. The van der Waals surface area contributed by atoms with Gasteiger partial charge in [-0.05, 0) is 77.4 Å². The molecule has 0 saturated carbocycles. The van der Waals surface area contributed by atoms with Gasteiger partial charge in [-0.2, -0.15) is 0 Å². The molecule has 0 aliphatic carbocycles. The zero-order valence-corrected chi connectivity index (χ0v) is 19.9. The molecular formula is C24H37N5O3. The Morgan fingerprint density at radius 1 is 1.16 bits per heavy atom. The van der Waals surface area contributed by atoms with Crippen molar-refractivity contribution < 1.29 is 14.3 Å². The lowest BCUT2D eigenvalue weighted by atomic mass is 9.83. The topological polar surface area (TPSA) is 88.5 Å². The number of nitrogens with zero attached hydrogens (tertiary/aromatic N) is 3. The minimum Gasteiger partial charge on any atom is -0.468 e. The molecule has 0 radical (unpaired) electrons. The fourth-order valence-corrected chi connectivity index (χ4v) is 4.24. The summed E-state index contributed by atoms with van der Waals surface area (Å²) in [5.74, 6) is 0.312. The molecule has 1 amide bonds. The van der Waals surface area contributed by atoms with Crippen molar-refractivity contribution in [3.63, 3.8) is 0 Å². The number of hydrogen-bond acceptors (Lipinski definition) is 6. The van der Waals surface area contributed by atoms with Gasteiger partial charge >= 0.3 is 5.97 Å². The lowest BCUT2D eigenvalue weighted by molar-refractivity contribution is -0.138. The van der Waals surface area contributed by atoms with E-state index in [9.17, 15) is 9.59 Å². The van der Waals surface area contributed by atoms with Gasteiger partial charge in [-0.1, -0.05) is 12.5 Å². The third kappa shape index (κ3) is 5.59. The van der Waals surface area contributed by atoms with Gasteiger partial charge in [0.05, 0.1) is 23.6 Å². The first kappa shape index (κ1) is 24.0. The van der Waals surface area contributed by atoms with Crippen molar-refractivity contribution in [3.8, 4) is 0 Å². The number of aromatic nitrogens is 2. The highest BCUT2D eigenvalue weighted by Gasteiger charge is 2.30. The number of fused-ring (bicyclic) bond motifs is 1. The quantitative estimate of drug-likeness (QED) is 0.549. The van der Waals surface area contributed by atoms with E-state index < -0.39 is 5.41 Å². The SMILES string of the molecule is CCNC(=O)C(C)(C)c1ccc2nc(NCC(=O)OC)n(CCCN3CCCCC3)c2c1. The van der Waals surface area contributed by atoms with Crippen molar-refractivity contribution >= 4 is 28.9 Å². The zero-order chi connectivity index (χ0) is 23.1. The van der Waals surface area contributed by atoms with Crippen LogP contribution in [0.5, 0.6) is 0 Å². The van der Waals surface area contributed by atoms with Crippen LogP contribution >= 0.6 is 0 Å². The highest BCUT2D eigenvalue weighted by Crippen LogP contribution is 2.29. The normalized spacial score (nSPS) is 15.0. The minimum atomic E-state index is -0.660. The van der Waals surface area contributed by atoms with E-state index in [0.717, 1.165) is 36.1 Å². The summed E-state index contributed by atoms with van der Waals surface area (Å²) in [6, 6.07) is 5.98. The number of likely N-dealkylation sites (N-methyl/N-ethyl adjacent to an activating group) is 1. The van der Waals surface area contributed by atoms with Crippen LogP contribution < -0.4 is 10.6 Å². The summed E-state index contributed by atoms with van der Waals surface area (Å²) in [7, 11) is 1.38. The van der Waals surface area contributed by atoms with Crippen LogP contribution in [0, 0.1) is 0 Å². The van der Waals surface area contributed by atoms with Crippen LogP contribution in [0.4, 0.5) is 5.95 Å². The summed E-state index contributed by atoms with van der Waals surface area (Å²) in [4.78, 5) is 31.6. The van der Waals surface area contributed by atoms with Gasteiger partial charge in [-0.25, -0.2) is 4.98 Å². The summed E-state index contributed by atoms with van der Waals surface area (Å²) < 4.78 is 6.89. The molecule has 0 unspecified atom stereocenters. The van der Waals surface area contributed by atoms with Gasteiger partial charge in [0.15, 0.2) is 0 Å². The summed E-state index contributed by atoms with van der Waals surface area (Å²) in [5.41, 5.74) is 2.08. The number of carbonyl (C=O) groups excluding carboxylic acids is 2. The molecule has 0 atom stereocenters. The molecular weight excluding hydrogens is 406 g/mol. The lowest BCUT2D eigenvalue weighted by Crippen LogP contribution is -2.39. The number of aryl methyl sites for hydroxylation is 1. The van der Waals surface area contributed by atoms with Crippen LogP contribution in [-0.4, -0.2) is 66.2 Å². The number of likely N-dealkylation sites (tertiary alicyclic amines) is 1. The predicted molar refractivity (Wildman–Crippen MR) is 127 cm³/mol. The Hall–Kier alpha value is -2.61. The molecule has 1 aromatic carbocycles. The second-order valence-corrected chi connectivity index (χ2v) is 8.96. The summed E-state index contributed by atoms with van der Waals surface area (Å²) in [5, 5.41) is 6.06. The van der Waals surface area contributed by atoms with Crippen LogP contribution in [0.1, 0.15) is 52.0 Å². The Labute approximate surface area is 190 Å². The maximum Gasteiger partial charge on any atom is 0.325 e. The molecule has 32 heavy (non-hydrogen) atoms. The number of carbonyl (C=O) groups is 2. The van der Waals surface area contributed by atoms with E-state index >= 15 is 0 Å². The molecule has 1 aliphatic rings.